The fraction of sp³-hybridized carbons (Fsp3) is 0.429. The summed E-state index contributed by atoms with van der Waals surface area (Å²) in [4.78, 5) is 9.03. The maximum Gasteiger partial charge on any atom is 0.142 e. The molecule has 7 aromatic rings. The number of nitrogens with zero attached hydrogens (tertiary/aromatic N) is 4. The van der Waals surface area contributed by atoms with Crippen molar-refractivity contribution < 1.29 is 43.0 Å². The normalized spacial score (nSPS) is 14.4. The molecule has 1 aliphatic heterocycles. The Labute approximate surface area is 442 Å². The molecule has 3 aromatic heterocycles. The van der Waals surface area contributed by atoms with Crippen molar-refractivity contribution in [3.05, 3.63) is 117 Å². The average molecular weight is 1050 g/mol. The molecule has 0 bridgehead atoms. The van der Waals surface area contributed by atoms with Crippen LogP contribution in [0.5, 0.6) is 17.2 Å². The van der Waals surface area contributed by atoms with Crippen molar-refractivity contribution in [2.45, 2.75) is 40.2 Å². The van der Waals surface area contributed by atoms with Crippen LogP contribution in [0.1, 0.15) is 33.4 Å². The molecule has 1 aliphatic rings. The summed E-state index contributed by atoms with van der Waals surface area (Å²) in [6.45, 7) is 15.3. The standard InChI is InChI=1S/C56H69N5O9S3/c1-5-64-31-32-66-26-21-60-22-27-67-34-33-65-25-20-57-47-15-6-40(2)36-50(47)68-28-23-61(24-29-69-51-37-41(3)7-16-48(51)60)49-17-9-42(38-52(49)70-35-30-63-4)8-10-43-11-18-53(71-43)45-13-14-46(56-55(45)58-73-59-56)54-19-12-44(39-62)72-54/h6-7,9,11-19,36-38,57,62H,5,8,10,20-35,39H2,1-4H3. The van der Waals surface area contributed by atoms with Gasteiger partial charge < -0.3 is 58.1 Å². The number of fused-ring (bicyclic) bond motifs is 3. The van der Waals surface area contributed by atoms with Gasteiger partial charge in [-0.1, -0.05) is 30.3 Å². The molecular weight excluding hydrogens is 983 g/mol. The maximum absolute atomic E-state index is 9.67. The molecule has 0 saturated carbocycles. The van der Waals surface area contributed by atoms with Crippen molar-refractivity contribution in [3.8, 4) is 38.1 Å². The summed E-state index contributed by atoms with van der Waals surface area (Å²) in [7, 11) is 1.69. The Bertz CT molecular complexity index is 2780. The SMILES string of the molecule is CCOCCOCCN1CCOCCOCCNc2ccc(C)cc2OCCN(c2ccc(CCc3ccc(-c4ccc(-c5ccc(CO)s5)c5nsnc45)s3)cc2OCCOC)CCOc2cc(C)ccc21. The van der Waals surface area contributed by atoms with E-state index in [1.807, 2.05) is 19.1 Å². The second-order valence-electron chi connectivity index (χ2n) is 17.6. The van der Waals surface area contributed by atoms with E-state index in [4.69, 9.17) is 46.6 Å². The van der Waals surface area contributed by atoms with E-state index in [2.05, 4.69) is 108 Å². The summed E-state index contributed by atoms with van der Waals surface area (Å²) in [6.07, 6.45) is 1.69. The van der Waals surface area contributed by atoms with Crippen molar-refractivity contribution >= 4 is 62.5 Å². The summed E-state index contributed by atoms with van der Waals surface area (Å²) in [6, 6.07) is 31.9. The van der Waals surface area contributed by atoms with Gasteiger partial charge in [0.1, 0.15) is 48.1 Å². The lowest BCUT2D eigenvalue weighted by molar-refractivity contribution is 0.0498. The smallest absolute Gasteiger partial charge is 0.142 e. The van der Waals surface area contributed by atoms with E-state index in [0.29, 0.717) is 112 Å². The van der Waals surface area contributed by atoms with Crippen LogP contribution in [0.4, 0.5) is 17.1 Å². The van der Waals surface area contributed by atoms with Crippen LogP contribution in [0.25, 0.3) is 31.9 Å². The lowest BCUT2D eigenvalue weighted by Gasteiger charge is -2.29. The summed E-state index contributed by atoms with van der Waals surface area (Å²) in [5.74, 6) is 2.38. The predicted molar refractivity (Wildman–Crippen MR) is 296 cm³/mol. The number of hydrogen-bond acceptors (Lipinski definition) is 17. The Morgan fingerprint density at radius 1 is 0.644 bits per heavy atom. The molecule has 0 saturated heterocycles. The summed E-state index contributed by atoms with van der Waals surface area (Å²) in [5, 5.41) is 13.2. The van der Waals surface area contributed by atoms with Crippen molar-refractivity contribution in [1.29, 1.82) is 0 Å². The Kier molecular flexibility index (Phi) is 21.0. The highest BCUT2D eigenvalue weighted by Crippen LogP contribution is 2.40. The quantitative estimate of drug-likeness (QED) is 0.0789. The highest BCUT2D eigenvalue weighted by molar-refractivity contribution is 7.16. The van der Waals surface area contributed by atoms with E-state index < -0.39 is 0 Å². The molecule has 8 rings (SSSR count). The molecule has 2 N–H and O–H groups in total. The van der Waals surface area contributed by atoms with Gasteiger partial charge in [0.15, 0.2) is 0 Å². The molecule has 0 fully saturated rings. The van der Waals surface area contributed by atoms with Crippen LogP contribution >= 0.6 is 34.4 Å². The molecule has 0 amide bonds. The number of ether oxygens (including phenoxy) is 8. The first-order valence-electron chi connectivity index (χ1n) is 25.2. The molecule has 4 heterocycles. The Morgan fingerprint density at radius 2 is 1.33 bits per heavy atom. The number of aromatic nitrogens is 2. The van der Waals surface area contributed by atoms with E-state index in [9.17, 15) is 5.11 Å². The van der Waals surface area contributed by atoms with Crippen LogP contribution in [0, 0.1) is 13.8 Å². The Morgan fingerprint density at radius 3 is 2.07 bits per heavy atom. The number of aliphatic hydroxyl groups excluding tert-OH is 1. The maximum atomic E-state index is 9.67. The second kappa shape index (κ2) is 28.4. The largest absolute Gasteiger partial charge is 0.490 e. The number of benzene rings is 4. The van der Waals surface area contributed by atoms with E-state index in [1.165, 1.54) is 22.2 Å². The van der Waals surface area contributed by atoms with Crippen molar-refractivity contribution in [3.63, 3.8) is 0 Å². The minimum Gasteiger partial charge on any atom is -0.490 e. The zero-order chi connectivity index (χ0) is 50.6. The highest BCUT2D eigenvalue weighted by Gasteiger charge is 2.20. The van der Waals surface area contributed by atoms with Crippen LogP contribution in [0.2, 0.25) is 0 Å². The number of aliphatic hydroxyl groups is 1. The Balaban J connectivity index is 1.02. The molecule has 390 valence electrons. The van der Waals surface area contributed by atoms with Gasteiger partial charge in [-0.25, -0.2) is 0 Å². The van der Waals surface area contributed by atoms with E-state index in [1.54, 1.807) is 29.8 Å². The van der Waals surface area contributed by atoms with Gasteiger partial charge >= 0.3 is 0 Å². The zero-order valence-corrected chi connectivity index (χ0v) is 45.0. The van der Waals surface area contributed by atoms with Crippen molar-refractivity contribution in [1.82, 2.24) is 8.75 Å². The molecule has 14 nitrogen and oxygen atoms in total. The topological polar surface area (TPSA) is 138 Å². The molecule has 0 radical (unpaired) electrons. The lowest BCUT2D eigenvalue weighted by Crippen LogP contribution is -2.34. The fourth-order valence-corrected chi connectivity index (χ4v) is 11.0. The van der Waals surface area contributed by atoms with Gasteiger partial charge in [0.25, 0.3) is 0 Å². The number of hydrogen-bond donors (Lipinski definition) is 2. The third-order valence-electron chi connectivity index (χ3n) is 12.3. The number of nitrogens with one attached hydrogen (secondary N) is 1. The first kappa shape index (κ1) is 53.9. The fourth-order valence-electron chi connectivity index (χ4n) is 8.55. The van der Waals surface area contributed by atoms with Gasteiger partial charge in [0.2, 0.25) is 0 Å². The Hall–Kier alpha value is -5.34. The van der Waals surface area contributed by atoms with Crippen LogP contribution in [0.3, 0.4) is 0 Å². The van der Waals surface area contributed by atoms with Crippen molar-refractivity contribution in [2.75, 3.05) is 134 Å². The number of rotatable bonds is 18. The molecule has 73 heavy (non-hydrogen) atoms. The van der Waals surface area contributed by atoms with Gasteiger partial charge in [0, 0.05) is 64.0 Å². The molecule has 17 heteroatoms. The van der Waals surface area contributed by atoms with Crippen LogP contribution < -0.4 is 29.3 Å². The average Bonchev–Trinajstić information content (AvgIpc) is 4.21. The van der Waals surface area contributed by atoms with Gasteiger partial charge in [-0.05, 0) is 111 Å². The summed E-state index contributed by atoms with van der Waals surface area (Å²) in [5.41, 5.74) is 10.2. The predicted octanol–water partition coefficient (Wildman–Crippen LogP) is 10.4. The molecule has 0 spiro atoms. The first-order valence-corrected chi connectivity index (χ1v) is 27.6. The van der Waals surface area contributed by atoms with Crippen LogP contribution in [-0.2, 0) is 43.1 Å². The number of anilines is 3. The monoisotopic (exact) mass is 1050 g/mol. The van der Waals surface area contributed by atoms with Crippen molar-refractivity contribution in [2.24, 2.45) is 0 Å². The third kappa shape index (κ3) is 15.4. The molecular formula is C56H69N5O9S3. The third-order valence-corrected chi connectivity index (χ3v) is 15.2. The van der Waals surface area contributed by atoms with E-state index in [-0.39, 0.29) is 6.61 Å². The highest BCUT2D eigenvalue weighted by atomic mass is 32.1. The minimum atomic E-state index is 0.0281. The first-order chi connectivity index (χ1) is 35.9. The lowest BCUT2D eigenvalue weighted by atomic mass is 10.1. The van der Waals surface area contributed by atoms with Gasteiger partial charge in [-0.2, -0.15) is 8.75 Å². The number of methoxy groups -OCH3 is 1. The van der Waals surface area contributed by atoms with Crippen LogP contribution in [-0.4, -0.2) is 133 Å². The molecule has 0 aliphatic carbocycles. The summed E-state index contributed by atoms with van der Waals surface area (Å²) < 4.78 is 58.4. The molecule has 0 unspecified atom stereocenters. The minimum absolute atomic E-state index is 0.0281. The van der Waals surface area contributed by atoms with Gasteiger partial charge in [0.05, 0.1) is 101 Å². The summed E-state index contributed by atoms with van der Waals surface area (Å²) >= 11 is 4.61. The zero-order valence-electron chi connectivity index (χ0n) is 42.5. The molecule has 4 aromatic carbocycles. The van der Waals surface area contributed by atoms with Gasteiger partial charge in [-0.3, -0.25) is 0 Å². The molecule has 0 atom stereocenters. The number of aryl methyl sites for hydroxylation is 4. The van der Waals surface area contributed by atoms with E-state index >= 15 is 0 Å². The van der Waals surface area contributed by atoms with Crippen LogP contribution in [0.15, 0.2) is 91.0 Å². The number of thiophene rings is 2. The van der Waals surface area contributed by atoms with E-state index in [0.717, 1.165) is 95.1 Å². The second-order valence-corrected chi connectivity index (χ2v) is 20.4. The van der Waals surface area contributed by atoms with Gasteiger partial charge in [-0.15, -0.1) is 22.7 Å².